The quantitative estimate of drug-likeness (QED) is 0.597. The molecule has 2 rings (SSSR count). The Morgan fingerprint density at radius 2 is 2.17 bits per heavy atom. The first-order valence-electron chi connectivity index (χ1n) is 7.17. The van der Waals surface area contributed by atoms with Gasteiger partial charge in [-0.2, -0.15) is 13.2 Å². The van der Waals surface area contributed by atoms with E-state index < -0.39 is 17.7 Å². The average molecular weight is 340 g/mol. The maximum Gasteiger partial charge on any atom is 0.416 e. The third-order valence-electron chi connectivity index (χ3n) is 3.01. The summed E-state index contributed by atoms with van der Waals surface area (Å²) in [5, 5.41) is 11.0. The standard InChI is InChI=1S/C15H15F3N4O2/c1-2-8-22-13(19-20-21-22)10-24-14(23)7-6-11-4-3-5-12(9-11)15(16,17)18/h3-7,9H,2,8,10H2,1H3/b7-6+. The minimum atomic E-state index is -4.43. The molecule has 0 amide bonds. The molecular formula is C15H15F3N4O2. The summed E-state index contributed by atoms with van der Waals surface area (Å²) in [6.07, 6.45) is -1.29. The fraction of sp³-hybridized carbons (Fsp3) is 0.333. The largest absolute Gasteiger partial charge is 0.454 e. The van der Waals surface area contributed by atoms with Gasteiger partial charge >= 0.3 is 12.1 Å². The summed E-state index contributed by atoms with van der Waals surface area (Å²) < 4.78 is 44.3. The third kappa shape index (κ3) is 4.90. The normalized spacial score (nSPS) is 11.8. The lowest BCUT2D eigenvalue weighted by Gasteiger charge is -2.06. The summed E-state index contributed by atoms with van der Waals surface area (Å²) >= 11 is 0. The summed E-state index contributed by atoms with van der Waals surface area (Å²) in [6.45, 7) is 2.44. The van der Waals surface area contributed by atoms with Gasteiger partial charge < -0.3 is 4.74 Å². The molecule has 6 nitrogen and oxygen atoms in total. The molecule has 0 N–H and O–H groups in total. The van der Waals surface area contributed by atoms with Crippen LogP contribution in [0.15, 0.2) is 30.3 Å². The number of aromatic nitrogens is 4. The van der Waals surface area contributed by atoms with Crippen molar-refractivity contribution in [3.63, 3.8) is 0 Å². The number of esters is 1. The van der Waals surface area contributed by atoms with Gasteiger partial charge in [-0.3, -0.25) is 0 Å². The van der Waals surface area contributed by atoms with E-state index in [1.165, 1.54) is 22.9 Å². The Bertz CT molecular complexity index is 726. The molecule has 0 spiro atoms. The number of hydrogen-bond acceptors (Lipinski definition) is 5. The number of tetrazole rings is 1. The number of carbonyl (C=O) groups excluding carboxylic acids is 1. The summed E-state index contributed by atoms with van der Waals surface area (Å²) in [7, 11) is 0. The highest BCUT2D eigenvalue weighted by Gasteiger charge is 2.30. The Hall–Kier alpha value is -2.71. The van der Waals surface area contributed by atoms with Crippen molar-refractivity contribution in [2.24, 2.45) is 0 Å². The molecule has 0 atom stereocenters. The van der Waals surface area contributed by atoms with E-state index in [4.69, 9.17) is 4.74 Å². The zero-order valence-corrected chi connectivity index (χ0v) is 12.8. The summed E-state index contributed by atoms with van der Waals surface area (Å²) in [6, 6.07) is 4.64. The first kappa shape index (κ1) is 17.6. The Morgan fingerprint density at radius 1 is 1.38 bits per heavy atom. The zero-order chi connectivity index (χ0) is 17.6. The lowest BCUT2D eigenvalue weighted by molar-refractivity contribution is -0.139. The summed E-state index contributed by atoms with van der Waals surface area (Å²) in [5.74, 6) is -0.295. The fourth-order valence-electron chi connectivity index (χ4n) is 1.88. The fourth-order valence-corrected chi connectivity index (χ4v) is 1.88. The lowest BCUT2D eigenvalue weighted by atomic mass is 10.1. The maximum absolute atomic E-state index is 12.6. The van der Waals surface area contributed by atoms with Gasteiger partial charge in [-0.1, -0.05) is 19.1 Å². The number of nitrogens with zero attached hydrogens (tertiary/aromatic N) is 4. The van der Waals surface area contributed by atoms with Crippen LogP contribution in [0.2, 0.25) is 0 Å². The van der Waals surface area contributed by atoms with Crippen molar-refractivity contribution in [3.05, 3.63) is 47.3 Å². The molecule has 0 radical (unpaired) electrons. The first-order chi connectivity index (χ1) is 11.4. The first-order valence-corrected chi connectivity index (χ1v) is 7.17. The van der Waals surface area contributed by atoms with Gasteiger partial charge in [0.15, 0.2) is 12.4 Å². The number of halogens is 3. The molecule has 24 heavy (non-hydrogen) atoms. The van der Waals surface area contributed by atoms with Crippen LogP contribution < -0.4 is 0 Å². The van der Waals surface area contributed by atoms with Crippen LogP contribution in [0.3, 0.4) is 0 Å². The predicted molar refractivity (Wildman–Crippen MR) is 78.4 cm³/mol. The zero-order valence-electron chi connectivity index (χ0n) is 12.8. The van der Waals surface area contributed by atoms with Crippen molar-refractivity contribution in [2.45, 2.75) is 32.7 Å². The molecule has 0 saturated carbocycles. The molecule has 0 aliphatic rings. The van der Waals surface area contributed by atoms with Gasteiger partial charge in [0.1, 0.15) is 0 Å². The van der Waals surface area contributed by atoms with Crippen molar-refractivity contribution in [1.82, 2.24) is 20.2 Å². The number of hydrogen-bond donors (Lipinski definition) is 0. The van der Waals surface area contributed by atoms with E-state index in [1.54, 1.807) is 0 Å². The number of rotatable bonds is 6. The lowest BCUT2D eigenvalue weighted by Crippen LogP contribution is -2.09. The second kappa shape index (κ2) is 7.71. The van der Waals surface area contributed by atoms with Gasteiger partial charge in [-0.15, -0.1) is 5.10 Å². The van der Waals surface area contributed by atoms with Crippen LogP contribution >= 0.6 is 0 Å². The van der Waals surface area contributed by atoms with Crippen molar-refractivity contribution in [2.75, 3.05) is 0 Å². The molecule has 0 aliphatic carbocycles. The molecule has 1 heterocycles. The number of ether oxygens (including phenoxy) is 1. The predicted octanol–water partition coefficient (Wildman–Crippen LogP) is 2.86. The highest BCUT2D eigenvalue weighted by Crippen LogP contribution is 2.29. The average Bonchev–Trinajstić information content (AvgIpc) is 2.98. The Balaban J connectivity index is 1.95. The Labute approximate surface area is 135 Å². The molecule has 0 aliphatic heterocycles. The van der Waals surface area contributed by atoms with E-state index in [1.807, 2.05) is 6.92 Å². The molecule has 0 unspecified atom stereocenters. The second-order valence-electron chi connectivity index (χ2n) is 4.88. The summed E-state index contributed by atoms with van der Waals surface area (Å²) in [4.78, 5) is 11.7. The van der Waals surface area contributed by atoms with Crippen LogP contribution in [0.1, 0.15) is 30.3 Å². The second-order valence-corrected chi connectivity index (χ2v) is 4.88. The van der Waals surface area contributed by atoms with Gasteiger partial charge in [-0.05, 0) is 40.6 Å². The maximum atomic E-state index is 12.6. The minimum Gasteiger partial charge on any atom is -0.454 e. The van der Waals surface area contributed by atoms with E-state index in [-0.39, 0.29) is 12.2 Å². The van der Waals surface area contributed by atoms with Crippen molar-refractivity contribution in [1.29, 1.82) is 0 Å². The van der Waals surface area contributed by atoms with Crippen LogP contribution in [0.4, 0.5) is 13.2 Å². The summed E-state index contributed by atoms with van der Waals surface area (Å²) in [5.41, 5.74) is -0.533. The van der Waals surface area contributed by atoms with Gasteiger partial charge in [0.05, 0.1) is 5.56 Å². The number of carbonyl (C=O) groups is 1. The Kier molecular flexibility index (Phi) is 5.67. The third-order valence-corrected chi connectivity index (χ3v) is 3.01. The SMILES string of the molecule is CCCn1nnnc1COC(=O)/C=C/c1cccc(C(F)(F)F)c1. The topological polar surface area (TPSA) is 69.9 Å². The van der Waals surface area contributed by atoms with Crippen LogP contribution in [0.25, 0.3) is 6.08 Å². The van der Waals surface area contributed by atoms with Crippen LogP contribution in [-0.4, -0.2) is 26.2 Å². The van der Waals surface area contributed by atoms with Gasteiger partial charge in [0, 0.05) is 12.6 Å². The smallest absolute Gasteiger partial charge is 0.416 e. The molecular weight excluding hydrogens is 325 g/mol. The van der Waals surface area contributed by atoms with Crippen LogP contribution in [0.5, 0.6) is 0 Å². The Morgan fingerprint density at radius 3 is 2.88 bits per heavy atom. The van der Waals surface area contributed by atoms with Crippen LogP contribution in [0, 0.1) is 0 Å². The molecule has 2 aromatic rings. The van der Waals surface area contributed by atoms with E-state index in [0.717, 1.165) is 24.6 Å². The highest BCUT2D eigenvalue weighted by atomic mass is 19.4. The molecule has 1 aromatic carbocycles. The van der Waals surface area contributed by atoms with E-state index in [9.17, 15) is 18.0 Å². The van der Waals surface area contributed by atoms with Crippen molar-refractivity contribution in [3.8, 4) is 0 Å². The number of alkyl halides is 3. The van der Waals surface area contributed by atoms with Gasteiger partial charge in [0.25, 0.3) is 0 Å². The van der Waals surface area contributed by atoms with Crippen LogP contribution in [-0.2, 0) is 28.9 Å². The highest BCUT2D eigenvalue weighted by molar-refractivity contribution is 5.87. The van der Waals surface area contributed by atoms with E-state index in [0.29, 0.717) is 12.4 Å². The van der Waals surface area contributed by atoms with E-state index in [2.05, 4.69) is 15.5 Å². The van der Waals surface area contributed by atoms with Crippen molar-refractivity contribution >= 4 is 12.0 Å². The van der Waals surface area contributed by atoms with Crippen molar-refractivity contribution < 1.29 is 22.7 Å². The van der Waals surface area contributed by atoms with Gasteiger partial charge in [-0.25, -0.2) is 9.48 Å². The minimum absolute atomic E-state index is 0.112. The molecule has 0 fully saturated rings. The molecule has 0 bridgehead atoms. The van der Waals surface area contributed by atoms with Gasteiger partial charge in [0.2, 0.25) is 0 Å². The van der Waals surface area contributed by atoms with E-state index >= 15 is 0 Å². The molecule has 9 heteroatoms. The molecule has 0 saturated heterocycles. The molecule has 1 aromatic heterocycles. The number of aryl methyl sites for hydroxylation is 1. The monoisotopic (exact) mass is 340 g/mol. The number of benzene rings is 1. The molecule has 128 valence electrons.